The van der Waals surface area contributed by atoms with E-state index in [9.17, 15) is 14.4 Å². The molecule has 0 radical (unpaired) electrons. The van der Waals surface area contributed by atoms with Crippen molar-refractivity contribution in [2.75, 3.05) is 11.9 Å². The molecule has 3 heterocycles. The predicted octanol–water partition coefficient (Wildman–Crippen LogP) is 3.64. The number of unbranched alkanes of at least 4 members (excludes halogenated alkanes) is 1. The molecule has 3 aliphatic heterocycles. The topological polar surface area (TPSA) is 87.7 Å². The summed E-state index contributed by atoms with van der Waals surface area (Å²) in [6.07, 6.45) is 10.3. The van der Waals surface area contributed by atoms with Gasteiger partial charge in [0, 0.05) is 18.3 Å². The van der Waals surface area contributed by atoms with Gasteiger partial charge in [-0.1, -0.05) is 50.8 Å². The first-order valence-corrected chi connectivity index (χ1v) is 13.2. The molecule has 4 aliphatic rings. The summed E-state index contributed by atoms with van der Waals surface area (Å²) < 4.78 is 6.41. The summed E-state index contributed by atoms with van der Waals surface area (Å²) in [6, 6.07) is 5.19. The van der Waals surface area contributed by atoms with Gasteiger partial charge in [0.05, 0.1) is 17.9 Å². The maximum absolute atomic E-state index is 13.8. The summed E-state index contributed by atoms with van der Waals surface area (Å²) in [6.45, 7) is 6.59. The summed E-state index contributed by atoms with van der Waals surface area (Å²) >= 11 is 0. The molecule has 1 aromatic carbocycles. The van der Waals surface area contributed by atoms with Crippen molar-refractivity contribution in [2.45, 2.75) is 89.5 Å². The SMILES string of the molecule is CCCCN1C(=O)[C@H]2[C@@H](C(=O)Nc3ccc(C)c(C)c3)[C@H]3C=C[C@@]2(O3)[C@H]1C(=O)NC1CCCCC1. The summed E-state index contributed by atoms with van der Waals surface area (Å²) in [5, 5.41) is 6.24. The third kappa shape index (κ3) is 4.07. The van der Waals surface area contributed by atoms with E-state index in [1.807, 2.05) is 44.2 Å². The van der Waals surface area contributed by atoms with Crippen LogP contribution in [0.3, 0.4) is 0 Å². The van der Waals surface area contributed by atoms with Gasteiger partial charge in [0.2, 0.25) is 17.7 Å². The van der Waals surface area contributed by atoms with Crippen LogP contribution in [-0.4, -0.2) is 53.0 Å². The second-order valence-corrected chi connectivity index (χ2v) is 10.7. The molecule has 0 unspecified atom stereocenters. The first-order valence-electron chi connectivity index (χ1n) is 13.2. The van der Waals surface area contributed by atoms with Gasteiger partial charge in [-0.05, 0) is 56.4 Å². The van der Waals surface area contributed by atoms with Crippen LogP contribution in [0.1, 0.15) is 63.0 Å². The minimum Gasteiger partial charge on any atom is -0.359 e. The lowest BCUT2D eigenvalue weighted by Gasteiger charge is -2.34. The number of hydrogen-bond donors (Lipinski definition) is 2. The van der Waals surface area contributed by atoms with Crippen LogP contribution >= 0.6 is 0 Å². The van der Waals surface area contributed by atoms with E-state index in [0.29, 0.717) is 12.2 Å². The highest BCUT2D eigenvalue weighted by molar-refractivity contribution is 6.02. The molecule has 7 heteroatoms. The fourth-order valence-corrected chi connectivity index (χ4v) is 6.41. The van der Waals surface area contributed by atoms with Crippen molar-refractivity contribution >= 4 is 23.4 Å². The fourth-order valence-electron chi connectivity index (χ4n) is 6.41. The average molecular weight is 480 g/mol. The van der Waals surface area contributed by atoms with Crippen LogP contribution in [0.25, 0.3) is 0 Å². The maximum Gasteiger partial charge on any atom is 0.246 e. The largest absolute Gasteiger partial charge is 0.359 e. The summed E-state index contributed by atoms with van der Waals surface area (Å²) in [5.74, 6) is -1.88. The Labute approximate surface area is 207 Å². The van der Waals surface area contributed by atoms with Gasteiger partial charge in [0.25, 0.3) is 0 Å². The Balaban J connectivity index is 1.42. The number of carbonyl (C=O) groups is 3. The quantitative estimate of drug-likeness (QED) is 0.585. The zero-order chi connectivity index (χ0) is 24.7. The van der Waals surface area contributed by atoms with Crippen molar-refractivity contribution in [2.24, 2.45) is 11.8 Å². The lowest BCUT2D eigenvalue weighted by atomic mass is 9.74. The van der Waals surface area contributed by atoms with Gasteiger partial charge in [-0.2, -0.15) is 0 Å². The summed E-state index contributed by atoms with van der Waals surface area (Å²) in [4.78, 5) is 42.7. The molecule has 2 bridgehead atoms. The van der Waals surface area contributed by atoms with E-state index < -0.39 is 29.6 Å². The highest BCUT2D eigenvalue weighted by Crippen LogP contribution is 2.55. The van der Waals surface area contributed by atoms with Gasteiger partial charge in [-0.3, -0.25) is 14.4 Å². The van der Waals surface area contributed by atoms with E-state index in [4.69, 9.17) is 4.74 Å². The number of fused-ring (bicyclic) bond motifs is 1. The Bertz CT molecular complexity index is 1050. The number of likely N-dealkylation sites (tertiary alicyclic amines) is 1. The Morgan fingerprint density at radius 2 is 1.89 bits per heavy atom. The second-order valence-electron chi connectivity index (χ2n) is 10.7. The van der Waals surface area contributed by atoms with Gasteiger partial charge in [0.1, 0.15) is 11.6 Å². The Hall–Kier alpha value is -2.67. The Morgan fingerprint density at radius 3 is 2.60 bits per heavy atom. The van der Waals surface area contributed by atoms with Crippen molar-refractivity contribution in [3.63, 3.8) is 0 Å². The minimum atomic E-state index is -1.08. The molecule has 1 aromatic rings. The van der Waals surface area contributed by atoms with E-state index in [0.717, 1.165) is 49.7 Å². The molecule has 3 fully saturated rings. The number of nitrogens with one attached hydrogen (secondary N) is 2. The highest BCUT2D eigenvalue weighted by Gasteiger charge is 2.72. The molecule has 35 heavy (non-hydrogen) atoms. The molecular weight excluding hydrogens is 442 g/mol. The van der Waals surface area contributed by atoms with Crippen LogP contribution in [0.5, 0.6) is 0 Å². The Kier molecular flexibility index (Phi) is 6.47. The molecule has 5 atom stereocenters. The Morgan fingerprint density at radius 1 is 1.11 bits per heavy atom. The van der Waals surface area contributed by atoms with Crippen molar-refractivity contribution in [3.8, 4) is 0 Å². The van der Waals surface area contributed by atoms with Crippen LogP contribution < -0.4 is 10.6 Å². The molecule has 1 aliphatic carbocycles. The molecule has 188 valence electrons. The van der Waals surface area contributed by atoms with E-state index in [1.54, 1.807) is 4.90 Å². The van der Waals surface area contributed by atoms with Crippen LogP contribution in [-0.2, 0) is 19.1 Å². The van der Waals surface area contributed by atoms with E-state index in [2.05, 4.69) is 17.6 Å². The molecule has 2 saturated heterocycles. The molecule has 1 spiro atoms. The van der Waals surface area contributed by atoms with Gasteiger partial charge >= 0.3 is 0 Å². The molecule has 2 N–H and O–H groups in total. The van der Waals surface area contributed by atoms with Crippen LogP contribution in [0.4, 0.5) is 5.69 Å². The molecule has 3 amide bonds. The number of anilines is 1. The maximum atomic E-state index is 13.8. The predicted molar refractivity (Wildman–Crippen MR) is 134 cm³/mol. The number of amides is 3. The van der Waals surface area contributed by atoms with Crippen LogP contribution in [0.15, 0.2) is 30.4 Å². The number of aryl methyl sites for hydroxylation is 2. The van der Waals surface area contributed by atoms with Gasteiger partial charge in [-0.25, -0.2) is 0 Å². The monoisotopic (exact) mass is 479 g/mol. The van der Waals surface area contributed by atoms with Crippen LogP contribution in [0.2, 0.25) is 0 Å². The third-order valence-corrected chi connectivity index (χ3v) is 8.40. The number of rotatable bonds is 7. The van der Waals surface area contributed by atoms with Crippen molar-refractivity contribution in [1.82, 2.24) is 10.2 Å². The van der Waals surface area contributed by atoms with Crippen LogP contribution in [0, 0.1) is 25.7 Å². The van der Waals surface area contributed by atoms with E-state index in [-0.39, 0.29) is 23.8 Å². The second kappa shape index (κ2) is 9.41. The summed E-state index contributed by atoms with van der Waals surface area (Å²) in [5.41, 5.74) is 1.86. The standard InChI is InChI=1S/C28H37N3O4/c1-4-5-15-31-24(26(33)29-19-9-7-6-8-10-19)28-14-13-21(35-28)22(23(28)27(31)34)25(32)30-20-12-11-17(2)18(3)16-20/h11-14,16,19,21-24H,4-10,15H2,1-3H3,(H,29,33)(H,30,32)/t21-,22+,23-,24-,28+/m1/s1. The first-order chi connectivity index (χ1) is 16.9. The minimum absolute atomic E-state index is 0.140. The number of hydrogen-bond acceptors (Lipinski definition) is 4. The number of nitrogens with zero attached hydrogens (tertiary/aromatic N) is 1. The molecule has 5 rings (SSSR count). The van der Waals surface area contributed by atoms with Gasteiger partial charge < -0.3 is 20.3 Å². The fraction of sp³-hybridized carbons (Fsp3) is 0.607. The third-order valence-electron chi connectivity index (χ3n) is 8.40. The number of carbonyl (C=O) groups excluding carboxylic acids is 3. The molecular formula is C28H37N3O4. The average Bonchev–Trinajstić information content (AvgIpc) is 3.48. The number of benzene rings is 1. The zero-order valence-electron chi connectivity index (χ0n) is 21.0. The normalized spacial score (nSPS) is 31.6. The van der Waals surface area contributed by atoms with Crippen molar-refractivity contribution < 1.29 is 19.1 Å². The first kappa shape index (κ1) is 24.0. The van der Waals surface area contributed by atoms with E-state index in [1.165, 1.54) is 6.42 Å². The lowest BCUT2D eigenvalue weighted by Crippen LogP contribution is -2.56. The molecule has 7 nitrogen and oxygen atoms in total. The highest BCUT2D eigenvalue weighted by atomic mass is 16.5. The van der Waals surface area contributed by atoms with Gasteiger partial charge in [0.15, 0.2) is 0 Å². The van der Waals surface area contributed by atoms with E-state index >= 15 is 0 Å². The lowest BCUT2D eigenvalue weighted by molar-refractivity contribution is -0.141. The van der Waals surface area contributed by atoms with Crippen molar-refractivity contribution in [1.29, 1.82) is 0 Å². The van der Waals surface area contributed by atoms with Gasteiger partial charge in [-0.15, -0.1) is 0 Å². The molecule has 0 aromatic heterocycles. The van der Waals surface area contributed by atoms with Crippen molar-refractivity contribution in [3.05, 3.63) is 41.5 Å². The molecule has 1 saturated carbocycles. The zero-order valence-corrected chi connectivity index (χ0v) is 21.0. The summed E-state index contributed by atoms with van der Waals surface area (Å²) in [7, 11) is 0. The smallest absolute Gasteiger partial charge is 0.246 e. The number of ether oxygens (including phenoxy) is 1.